The SMILES string of the molecule is Fc1cccc([C@H](N2CCNCC2)C(F)(F)F)c1Br. The molecule has 1 aromatic rings. The maximum absolute atomic E-state index is 13.4. The molecule has 1 heterocycles. The highest BCUT2D eigenvalue weighted by molar-refractivity contribution is 9.10. The Morgan fingerprint density at radius 1 is 1.21 bits per heavy atom. The molecular weight excluding hydrogens is 328 g/mol. The fourth-order valence-electron chi connectivity index (χ4n) is 2.25. The van der Waals surface area contributed by atoms with Gasteiger partial charge in [-0.05, 0) is 27.6 Å². The Morgan fingerprint density at radius 2 is 1.84 bits per heavy atom. The van der Waals surface area contributed by atoms with E-state index in [1.54, 1.807) is 0 Å². The molecule has 1 N–H and O–H groups in total. The molecule has 0 saturated carbocycles. The van der Waals surface area contributed by atoms with Crippen molar-refractivity contribution in [1.82, 2.24) is 10.2 Å². The van der Waals surface area contributed by atoms with E-state index >= 15 is 0 Å². The zero-order valence-electron chi connectivity index (χ0n) is 9.97. The minimum atomic E-state index is -4.44. The van der Waals surface area contributed by atoms with Gasteiger partial charge >= 0.3 is 6.18 Å². The smallest absolute Gasteiger partial charge is 0.314 e. The van der Waals surface area contributed by atoms with Gasteiger partial charge in [0.05, 0.1) is 4.47 Å². The summed E-state index contributed by atoms with van der Waals surface area (Å²) >= 11 is 2.92. The number of nitrogens with zero attached hydrogens (tertiary/aromatic N) is 1. The summed E-state index contributed by atoms with van der Waals surface area (Å²) in [6.07, 6.45) is -4.44. The molecule has 0 aromatic heterocycles. The van der Waals surface area contributed by atoms with E-state index in [1.165, 1.54) is 17.0 Å². The van der Waals surface area contributed by atoms with Gasteiger partial charge in [0.1, 0.15) is 11.9 Å². The Bertz CT molecular complexity index is 444. The lowest BCUT2D eigenvalue weighted by Crippen LogP contribution is -2.49. The fraction of sp³-hybridized carbons (Fsp3) is 0.500. The zero-order chi connectivity index (χ0) is 14.0. The molecule has 0 radical (unpaired) electrons. The topological polar surface area (TPSA) is 15.3 Å². The van der Waals surface area contributed by atoms with Gasteiger partial charge < -0.3 is 5.32 Å². The highest BCUT2D eigenvalue weighted by Gasteiger charge is 2.45. The van der Waals surface area contributed by atoms with Gasteiger partial charge in [0.2, 0.25) is 0 Å². The second kappa shape index (κ2) is 5.76. The van der Waals surface area contributed by atoms with Crippen molar-refractivity contribution in [3.05, 3.63) is 34.1 Å². The fourth-order valence-corrected chi connectivity index (χ4v) is 2.73. The minimum absolute atomic E-state index is 0.0746. The normalized spacial score (nSPS) is 19.4. The third kappa shape index (κ3) is 3.27. The van der Waals surface area contributed by atoms with E-state index in [0.717, 1.165) is 6.07 Å². The first-order valence-corrected chi connectivity index (χ1v) is 6.66. The number of benzene rings is 1. The summed E-state index contributed by atoms with van der Waals surface area (Å²) in [5, 5.41) is 3.00. The van der Waals surface area contributed by atoms with E-state index < -0.39 is 18.0 Å². The standard InChI is InChI=1S/C12H13BrF4N2/c13-10-8(2-1-3-9(10)14)11(12(15,16)17)19-6-4-18-5-7-19/h1-3,11,18H,4-7H2/t11-/m0/s1. The molecule has 0 bridgehead atoms. The van der Waals surface area contributed by atoms with E-state index in [4.69, 9.17) is 0 Å². The molecule has 106 valence electrons. The maximum Gasteiger partial charge on any atom is 0.408 e. The third-order valence-corrected chi connectivity index (χ3v) is 3.94. The largest absolute Gasteiger partial charge is 0.408 e. The quantitative estimate of drug-likeness (QED) is 0.832. The molecule has 0 unspecified atom stereocenters. The van der Waals surface area contributed by atoms with Crippen LogP contribution in [0.3, 0.4) is 0 Å². The Kier molecular flexibility index (Phi) is 4.47. The van der Waals surface area contributed by atoms with E-state index in [-0.39, 0.29) is 23.1 Å². The zero-order valence-corrected chi connectivity index (χ0v) is 11.6. The molecule has 7 heteroatoms. The summed E-state index contributed by atoms with van der Waals surface area (Å²) in [5.41, 5.74) is -0.0746. The van der Waals surface area contributed by atoms with Crippen molar-refractivity contribution in [2.75, 3.05) is 26.2 Å². The van der Waals surface area contributed by atoms with Crippen LogP contribution in [0.1, 0.15) is 11.6 Å². The molecule has 19 heavy (non-hydrogen) atoms. The number of halogens is 5. The van der Waals surface area contributed by atoms with E-state index in [2.05, 4.69) is 21.2 Å². The molecule has 0 spiro atoms. The monoisotopic (exact) mass is 340 g/mol. The van der Waals surface area contributed by atoms with Crippen molar-refractivity contribution in [3.8, 4) is 0 Å². The molecule has 1 atom stereocenters. The molecular formula is C12H13BrF4N2. The molecule has 0 aliphatic carbocycles. The summed E-state index contributed by atoms with van der Waals surface area (Å²) in [5.74, 6) is -0.679. The van der Waals surface area contributed by atoms with Gasteiger partial charge in [-0.1, -0.05) is 12.1 Å². The number of nitrogens with one attached hydrogen (secondary N) is 1. The van der Waals surface area contributed by atoms with E-state index in [9.17, 15) is 17.6 Å². The summed E-state index contributed by atoms with van der Waals surface area (Å²) < 4.78 is 53.2. The average Bonchev–Trinajstić information content (AvgIpc) is 2.35. The van der Waals surface area contributed by atoms with Gasteiger partial charge in [0.25, 0.3) is 0 Å². The van der Waals surface area contributed by atoms with Crippen LogP contribution in [0.2, 0.25) is 0 Å². The van der Waals surface area contributed by atoms with Crippen molar-refractivity contribution in [1.29, 1.82) is 0 Å². The lowest BCUT2D eigenvalue weighted by Gasteiger charge is -2.36. The Hall–Kier alpha value is -0.660. The van der Waals surface area contributed by atoms with Gasteiger partial charge in [-0.3, -0.25) is 4.90 Å². The van der Waals surface area contributed by atoms with Gasteiger partial charge in [-0.15, -0.1) is 0 Å². The maximum atomic E-state index is 13.4. The van der Waals surface area contributed by atoms with Crippen LogP contribution in [0, 0.1) is 5.82 Å². The number of rotatable bonds is 2. The van der Waals surface area contributed by atoms with Crippen molar-refractivity contribution < 1.29 is 17.6 Å². The summed E-state index contributed by atoms with van der Waals surface area (Å²) in [6, 6.07) is 1.97. The summed E-state index contributed by atoms with van der Waals surface area (Å²) in [7, 11) is 0. The van der Waals surface area contributed by atoms with Crippen molar-refractivity contribution in [2.45, 2.75) is 12.2 Å². The number of hydrogen-bond acceptors (Lipinski definition) is 2. The molecule has 1 fully saturated rings. The van der Waals surface area contributed by atoms with Crippen LogP contribution >= 0.6 is 15.9 Å². The molecule has 2 rings (SSSR count). The van der Waals surface area contributed by atoms with Crippen LogP contribution in [-0.2, 0) is 0 Å². The van der Waals surface area contributed by atoms with Crippen LogP contribution in [0.5, 0.6) is 0 Å². The highest BCUT2D eigenvalue weighted by Crippen LogP contribution is 2.41. The second-order valence-electron chi connectivity index (χ2n) is 4.37. The average molecular weight is 341 g/mol. The van der Waals surface area contributed by atoms with Crippen LogP contribution in [0.4, 0.5) is 17.6 Å². The van der Waals surface area contributed by atoms with E-state index in [0.29, 0.717) is 13.1 Å². The number of piperazine rings is 1. The van der Waals surface area contributed by atoms with Gasteiger partial charge in [-0.25, -0.2) is 4.39 Å². The summed E-state index contributed by atoms with van der Waals surface area (Å²) in [6.45, 7) is 1.57. The Morgan fingerprint density at radius 3 is 2.42 bits per heavy atom. The third-order valence-electron chi connectivity index (χ3n) is 3.10. The number of alkyl halides is 3. The van der Waals surface area contributed by atoms with Crippen molar-refractivity contribution in [3.63, 3.8) is 0 Å². The summed E-state index contributed by atoms with van der Waals surface area (Å²) in [4.78, 5) is 1.33. The van der Waals surface area contributed by atoms with E-state index in [1.807, 2.05) is 0 Å². The van der Waals surface area contributed by atoms with Gasteiger partial charge in [0.15, 0.2) is 0 Å². The predicted octanol–water partition coefficient (Wildman–Crippen LogP) is 3.10. The lowest BCUT2D eigenvalue weighted by atomic mass is 10.0. The molecule has 1 saturated heterocycles. The van der Waals surface area contributed by atoms with Crippen LogP contribution in [0.15, 0.2) is 22.7 Å². The molecule has 2 nitrogen and oxygen atoms in total. The second-order valence-corrected chi connectivity index (χ2v) is 5.17. The first kappa shape index (κ1) is 14.7. The first-order valence-electron chi connectivity index (χ1n) is 5.86. The van der Waals surface area contributed by atoms with Crippen molar-refractivity contribution in [2.24, 2.45) is 0 Å². The van der Waals surface area contributed by atoms with Crippen LogP contribution in [0.25, 0.3) is 0 Å². The van der Waals surface area contributed by atoms with Crippen LogP contribution in [-0.4, -0.2) is 37.3 Å². The highest BCUT2D eigenvalue weighted by atomic mass is 79.9. The Balaban J connectivity index is 2.40. The number of hydrogen-bond donors (Lipinski definition) is 1. The molecule has 1 aliphatic rings. The predicted molar refractivity (Wildman–Crippen MR) is 67.3 cm³/mol. The minimum Gasteiger partial charge on any atom is -0.314 e. The van der Waals surface area contributed by atoms with Crippen LogP contribution < -0.4 is 5.32 Å². The molecule has 0 amide bonds. The molecule has 1 aliphatic heterocycles. The van der Waals surface area contributed by atoms with Crippen molar-refractivity contribution >= 4 is 15.9 Å². The molecule has 1 aromatic carbocycles. The first-order chi connectivity index (χ1) is 8.91. The Labute approximate surface area is 116 Å². The van der Waals surface area contributed by atoms with Gasteiger partial charge in [-0.2, -0.15) is 13.2 Å². The van der Waals surface area contributed by atoms with Gasteiger partial charge in [0, 0.05) is 26.2 Å². The lowest BCUT2D eigenvalue weighted by molar-refractivity contribution is -0.188.